The molecule has 0 bridgehead atoms. The maximum absolute atomic E-state index is 4.41. The van der Waals surface area contributed by atoms with E-state index < -0.39 is 0 Å². The van der Waals surface area contributed by atoms with Gasteiger partial charge in [-0.1, -0.05) is 6.92 Å². The van der Waals surface area contributed by atoms with Gasteiger partial charge in [0, 0.05) is 28.3 Å². The van der Waals surface area contributed by atoms with Crippen molar-refractivity contribution < 1.29 is 0 Å². The summed E-state index contributed by atoms with van der Waals surface area (Å²) in [4.78, 5) is 7.13. The number of aryl methyl sites for hydroxylation is 1. The predicted molar refractivity (Wildman–Crippen MR) is 79.6 cm³/mol. The summed E-state index contributed by atoms with van der Waals surface area (Å²) in [5, 5.41) is 7.85. The molecule has 104 valence electrons. The van der Waals surface area contributed by atoms with Crippen LogP contribution in [0, 0.1) is 6.92 Å². The van der Waals surface area contributed by atoms with Crippen molar-refractivity contribution in [3.8, 4) is 0 Å². The van der Waals surface area contributed by atoms with E-state index in [2.05, 4.69) is 55.2 Å². The second-order valence-electron chi connectivity index (χ2n) is 4.98. The second kappa shape index (κ2) is 6.30. The van der Waals surface area contributed by atoms with Crippen molar-refractivity contribution in [2.75, 3.05) is 6.54 Å². The minimum Gasteiger partial charge on any atom is -0.309 e. The van der Waals surface area contributed by atoms with Gasteiger partial charge in [-0.3, -0.25) is 0 Å². The molecule has 0 amide bonds. The number of aromatic nitrogens is 3. The van der Waals surface area contributed by atoms with Gasteiger partial charge in [0.15, 0.2) is 0 Å². The molecule has 19 heavy (non-hydrogen) atoms. The van der Waals surface area contributed by atoms with Crippen LogP contribution in [0.25, 0.3) is 0 Å². The SMILES string of the molecule is CCNC(Cc1ncnn1C(C)C)c1ccc(C)s1. The quantitative estimate of drug-likeness (QED) is 0.883. The Morgan fingerprint density at radius 1 is 1.37 bits per heavy atom. The molecule has 1 unspecified atom stereocenters. The number of thiophene rings is 1. The molecule has 0 radical (unpaired) electrons. The van der Waals surface area contributed by atoms with Crippen LogP contribution >= 0.6 is 11.3 Å². The van der Waals surface area contributed by atoms with Crippen molar-refractivity contribution in [1.82, 2.24) is 20.1 Å². The van der Waals surface area contributed by atoms with E-state index >= 15 is 0 Å². The van der Waals surface area contributed by atoms with E-state index in [9.17, 15) is 0 Å². The Morgan fingerprint density at radius 2 is 2.16 bits per heavy atom. The molecular formula is C14H22N4S. The third-order valence-corrected chi connectivity index (χ3v) is 4.19. The first kappa shape index (κ1) is 14.2. The molecule has 0 aliphatic rings. The van der Waals surface area contributed by atoms with Crippen LogP contribution in [0.2, 0.25) is 0 Å². The normalized spacial score (nSPS) is 13.1. The Morgan fingerprint density at radius 3 is 2.74 bits per heavy atom. The average molecular weight is 278 g/mol. The van der Waals surface area contributed by atoms with Crippen molar-refractivity contribution >= 4 is 11.3 Å². The highest BCUT2D eigenvalue weighted by molar-refractivity contribution is 7.12. The summed E-state index contributed by atoms with van der Waals surface area (Å²) in [5.41, 5.74) is 0. The zero-order chi connectivity index (χ0) is 13.8. The van der Waals surface area contributed by atoms with Gasteiger partial charge in [-0.2, -0.15) is 5.10 Å². The molecule has 0 aliphatic carbocycles. The van der Waals surface area contributed by atoms with Gasteiger partial charge in [0.25, 0.3) is 0 Å². The first-order valence-corrected chi connectivity index (χ1v) is 7.61. The summed E-state index contributed by atoms with van der Waals surface area (Å²) < 4.78 is 2.00. The minimum absolute atomic E-state index is 0.324. The highest BCUT2D eigenvalue weighted by Gasteiger charge is 2.17. The van der Waals surface area contributed by atoms with E-state index in [-0.39, 0.29) is 0 Å². The highest BCUT2D eigenvalue weighted by Crippen LogP contribution is 2.25. The fraction of sp³-hybridized carbons (Fsp3) is 0.571. The van der Waals surface area contributed by atoms with Gasteiger partial charge in [0.05, 0.1) is 0 Å². The third-order valence-electron chi connectivity index (χ3n) is 3.08. The molecule has 2 aromatic rings. The maximum Gasteiger partial charge on any atom is 0.138 e. The fourth-order valence-electron chi connectivity index (χ4n) is 2.19. The van der Waals surface area contributed by atoms with E-state index in [1.165, 1.54) is 9.75 Å². The van der Waals surface area contributed by atoms with Gasteiger partial charge in [-0.15, -0.1) is 11.3 Å². The fourth-order valence-corrected chi connectivity index (χ4v) is 3.15. The van der Waals surface area contributed by atoms with Crippen molar-refractivity contribution in [2.45, 2.75) is 46.2 Å². The van der Waals surface area contributed by atoms with E-state index in [1.54, 1.807) is 6.33 Å². The molecule has 0 saturated heterocycles. The predicted octanol–water partition coefficient (Wildman–Crippen LogP) is 3.12. The molecule has 0 fully saturated rings. The Bertz CT molecular complexity index is 515. The molecule has 2 heterocycles. The molecule has 1 N–H and O–H groups in total. The average Bonchev–Trinajstić information content (AvgIpc) is 2.97. The zero-order valence-electron chi connectivity index (χ0n) is 12.1. The number of nitrogens with one attached hydrogen (secondary N) is 1. The van der Waals surface area contributed by atoms with E-state index in [1.807, 2.05) is 16.0 Å². The molecule has 5 heteroatoms. The summed E-state index contributed by atoms with van der Waals surface area (Å²) in [7, 11) is 0. The van der Waals surface area contributed by atoms with Crippen LogP contribution < -0.4 is 5.32 Å². The lowest BCUT2D eigenvalue weighted by Crippen LogP contribution is -2.24. The molecule has 0 saturated carbocycles. The van der Waals surface area contributed by atoms with E-state index in [0.29, 0.717) is 12.1 Å². The summed E-state index contributed by atoms with van der Waals surface area (Å²) in [5.74, 6) is 1.05. The zero-order valence-corrected chi connectivity index (χ0v) is 12.9. The van der Waals surface area contributed by atoms with Crippen LogP contribution in [-0.2, 0) is 6.42 Å². The lowest BCUT2D eigenvalue weighted by molar-refractivity contribution is 0.471. The number of likely N-dealkylation sites (N-methyl/N-ethyl adjacent to an activating group) is 1. The summed E-state index contributed by atoms with van der Waals surface area (Å²) in [6, 6.07) is 5.07. The summed E-state index contributed by atoms with van der Waals surface area (Å²) >= 11 is 1.85. The van der Waals surface area contributed by atoms with Crippen LogP contribution in [0.3, 0.4) is 0 Å². The van der Waals surface area contributed by atoms with Gasteiger partial charge < -0.3 is 5.32 Å². The van der Waals surface area contributed by atoms with Gasteiger partial charge in [0.2, 0.25) is 0 Å². The number of nitrogens with zero attached hydrogens (tertiary/aromatic N) is 3. The molecule has 0 aromatic carbocycles. The van der Waals surface area contributed by atoms with E-state index in [4.69, 9.17) is 0 Å². The minimum atomic E-state index is 0.324. The highest BCUT2D eigenvalue weighted by atomic mass is 32.1. The van der Waals surface area contributed by atoms with Gasteiger partial charge >= 0.3 is 0 Å². The molecule has 2 rings (SSSR count). The van der Waals surface area contributed by atoms with Crippen molar-refractivity contribution in [3.63, 3.8) is 0 Å². The molecule has 0 spiro atoms. The Hall–Kier alpha value is -1.20. The van der Waals surface area contributed by atoms with Crippen molar-refractivity contribution in [3.05, 3.63) is 34.0 Å². The largest absolute Gasteiger partial charge is 0.309 e. The molecule has 4 nitrogen and oxygen atoms in total. The van der Waals surface area contributed by atoms with Crippen molar-refractivity contribution in [1.29, 1.82) is 0 Å². The monoisotopic (exact) mass is 278 g/mol. The standard InChI is InChI=1S/C14H22N4S/c1-5-15-12(13-7-6-11(4)19-13)8-14-16-9-17-18(14)10(2)3/h6-7,9-10,12,15H,5,8H2,1-4H3. The third kappa shape index (κ3) is 3.42. The van der Waals surface area contributed by atoms with Crippen LogP contribution in [0.15, 0.2) is 18.5 Å². The topological polar surface area (TPSA) is 42.7 Å². The lowest BCUT2D eigenvalue weighted by atomic mass is 10.1. The van der Waals surface area contributed by atoms with Gasteiger partial charge in [-0.25, -0.2) is 9.67 Å². The number of hydrogen-bond donors (Lipinski definition) is 1. The number of hydrogen-bond acceptors (Lipinski definition) is 4. The molecule has 1 atom stereocenters. The van der Waals surface area contributed by atoms with Crippen LogP contribution in [0.5, 0.6) is 0 Å². The smallest absolute Gasteiger partial charge is 0.138 e. The Labute approximate surface area is 118 Å². The summed E-state index contributed by atoms with van der Waals surface area (Å²) in [6.07, 6.45) is 2.53. The Balaban J connectivity index is 2.19. The first-order chi connectivity index (χ1) is 9.11. The summed E-state index contributed by atoms with van der Waals surface area (Å²) in [6.45, 7) is 9.51. The molecule has 2 aromatic heterocycles. The molecule has 0 aliphatic heterocycles. The van der Waals surface area contributed by atoms with Crippen molar-refractivity contribution in [2.24, 2.45) is 0 Å². The van der Waals surface area contributed by atoms with Gasteiger partial charge in [0.1, 0.15) is 12.2 Å². The lowest BCUT2D eigenvalue weighted by Gasteiger charge is -2.17. The number of rotatable bonds is 6. The maximum atomic E-state index is 4.41. The van der Waals surface area contributed by atoms with E-state index in [0.717, 1.165) is 18.8 Å². The van der Waals surface area contributed by atoms with Crippen LogP contribution in [-0.4, -0.2) is 21.3 Å². The van der Waals surface area contributed by atoms with Crippen LogP contribution in [0.4, 0.5) is 0 Å². The van der Waals surface area contributed by atoms with Crippen LogP contribution in [0.1, 0.15) is 48.4 Å². The Kier molecular flexibility index (Phi) is 4.71. The molecular weight excluding hydrogens is 256 g/mol. The first-order valence-electron chi connectivity index (χ1n) is 6.80. The van der Waals surface area contributed by atoms with Gasteiger partial charge in [-0.05, 0) is 39.4 Å². The second-order valence-corrected chi connectivity index (χ2v) is 6.30.